The zero-order valence-electron chi connectivity index (χ0n) is 25.6. The molecule has 0 aliphatic heterocycles. The molecule has 7 aromatic carbocycles. The molecule has 0 unspecified atom stereocenters. The van der Waals surface area contributed by atoms with Gasteiger partial charge in [-0.05, 0) is 93.0 Å². The first-order valence-electron chi connectivity index (χ1n) is 15.7. The topological polar surface area (TPSA) is 47.6 Å². The van der Waals surface area contributed by atoms with Gasteiger partial charge >= 0.3 is 0 Å². The van der Waals surface area contributed by atoms with Crippen LogP contribution < -0.4 is 0 Å². The summed E-state index contributed by atoms with van der Waals surface area (Å²) in [5, 5.41) is 25.0. The van der Waals surface area contributed by atoms with Crippen molar-refractivity contribution in [3.05, 3.63) is 157 Å². The number of nitrogens with zero attached hydrogens (tertiary/aromatic N) is 2. The molecule has 0 saturated carbocycles. The van der Waals surface area contributed by atoms with E-state index in [1.807, 2.05) is 24.3 Å². The maximum Gasteiger partial charge on any atom is 0.0992 e. The Balaban J connectivity index is 1.12. The Hall–Kier alpha value is -6.04. The summed E-state index contributed by atoms with van der Waals surface area (Å²) in [5.74, 6) is 0. The van der Waals surface area contributed by atoms with Crippen molar-refractivity contribution >= 4 is 63.0 Å². The zero-order chi connectivity index (χ0) is 32.2. The summed E-state index contributed by atoms with van der Waals surface area (Å²) in [7, 11) is 0. The lowest BCUT2D eigenvalue weighted by Crippen LogP contribution is -1.88. The van der Waals surface area contributed by atoms with Crippen LogP contribution in [-0.2, 0) is 0 Å². The second-order valence-electron chi connectivity index (χ2n) is 12.0. The van der Waals surface area contributed by atoms with Crippen molar-refractivity contribution in [3.8, 4) is 56.6 Å². The zero-order valence-corrected chi connectivity index (χ0v) is 27.2. The number of hydrogen-bond donors (Lipinski definition) is 0. The van der Waals surface area contributed by atoms with Crippen LogP contribution in [0.3, 0.4) is 0 Å². The van der Waals surface area contributed by atoms with E-state index in [1.165, 1.54) is 40.3 Å². The minimum atomic E-state index is 0.631. The van der Waals surface area contributed by atoms with Crippen LogP contribution in [0.25, 0.3) is 84.9 Å². The van der Waals surface area contributed by atoms with Gasteiger partial charge in [0, 0.05) is 40.3 Å². The number of fused-ring (bicyclic) bond motifs is 6. The van der Waals surface area contributed by atoms with Gasteiger partial charge in [-0.3, -0.25) is 0 Å². The minimum absolute atomic E-state index is 0.631. The van der Waals surface area contributed by atoms with Crippen molar-refractivity contribution in [2.45, 2.75) is 0 Å². The minimum Gasteiger partial charge on any atom is -0.192 e. The van der Waals surface area contributed by atoms with Crippen molar-refractivity contribution < 1.29 is 0 Å². The fraction of sp³-hybridized carbons (Fsp3) is 0. The van der Waals surface area contributed by atoms with Gasteiger partial charge in [0.15, 0.2) is 0 Å². The van der Waals surface area contributed by atoms with E-state index in [9.17, 15) is 10.5 Å². The van der Waals surface area contributed by atoms with E-state index in [1.54, 1.807) is 22.7 Å². The second-order valence-corrected chi connectivity index (χ2v) is 14.1. The number of benzene rings is 7. The first-order valence-corrected chi connectivity index (χ1v) is 17.3. The first kappa shape index (κ1) is 28.2. The summed E-state index contributed by atoms with van der Waals surface area (Å²) in [6, 6.07) is 55.4. The summed E-state index contributed by atoms with van der Waals surface area (Å²) in [5.41, 5.74) is 9.67. The molecule has 0 bridgehead atoms. The Bertz CT molecular complexity index is 2610. The van der Waals surface area contributed by atoms with Crippen LogP contribution >= 0.6 is 22.7 Å². The van der Waals surface area contributed by atoms with Gasteiger partial charge in [0.05, 0.1) is 23.3 Å². The Morgan fingerprint density at radius 1 is 0.354 bits per heavy atom. The van der Waals surface area contributed by atoms with E-state index in [0.29, 0.717) is 11.1 Å². The average molecular weight is 645 g/mol. The Kier molecular flexibility index (Phi) is 6.66. The summed E-state index contributed by atoms with van der Waals surface area (Å²) in [6.07, 6.45) is 0. The van der Waals surface area contributed by atoms with Crippen molar-refractivity contribution in [1.82, 2.24) is 0 Å². The van der Waals surface area contributed by atoms with Gasteiger partial charge in [0.2, 0.25) is 0 Å². The lowest BCUT2D eigenvalue weighted by molar-refractivity contribution is 1.47. The number of nitriles is 2. The van der Waals surface area contributed by atoms with Gasteiger partial charge in [-0.15, -0.1) is 22.7 Å². The molecule has 2 nitrogen and oxygen atoms in total. The van der Waals surface area contributed by atoms with Gasteiger partial charge < -0.3 is 0 Å². The second kappa shape index (κ2) is 11.3. The third-order valence-electron chi connectivity index (χ3n) is 9.11. The van der Waals surface area contributed by atoms with E-state index >= 15 is 0 Å². The molecule has 0 atom stereocenters. The molecule has 9 rings (SSSR count). The normalized spacial score (nSPS) is 11.3. The Morgan fingerprint density at radius 3 is 1.19 bits per heavy atom. The standard InChI is InChI=1S/C44H24N2S2/c45-25-27-19-31(23-33(21-27)35-9-5-11-39-37-7-1-3-13-41(37)47-43(35)39)29-15-17-30(18-16-29)32-20-28(26-46)22-34(24-32)36-10-6-12-40-38-8-2-4-14-42(38)48-44(36)40/h1-24H. The average Bonchev–Trinajstić information content (AvgIpc) is 3.73. The predicted octanol–water partition coefficient (Wildman–Crippen LogP) is 12.8. The predicted molar refractivity (Wildman–Crippen MR) is 203 cm³/mol. The van der Waals surface area contributed by atoms with E-state index < -0.39 is 0 Å². The highest BCUT2D eigenvalue weighted by molar-refractivity contribution is 7.26. The highest BCUT2D eigenvalue weighted by atomic mass is 32.1. The molecular formula is C44H24N2S2. The summed E-state index contributed by atoms with van der Waals surface area (Å²) in [4.78, 5) is 0. The van der Waals surface area contributed by atoms with Crippen LogP contribution in [0.2, 0.25) is 0 Å². The van der Waals surface area contributed by atoms with Gasteiger partial charge in [-0.25, -0.2) is 0 Å². The lowest BCUT2D eigenvalue weighted by atomic mass is 9.93. The highest BCUT2D eigenvalue weighted by Crippen LogP contribution is 2.42. The quantitative estimate of drug-likeness (QED) is 0.191. The van der Waals surface area contributed by atoms with Crippen LogP contribution in [-0.4, -0.2) is 0 Å². The van der Waals surface area contributed by atoms with Crippen LogP contribution in [0.1, 0.15) is 11.1 Å². The largest absolute Gasteiger partial charge is 0.192 e. The molecule has 0 fully saturated rings. The molecule has 0 N–H and O–H groups in total. The van der Waals surface area contributed by atoms with Crippen LogP contribution in [0.5, 0.6) is 0 Å². The molecule has 4 heteroatoms. The van der Waals surface area contributed by atoms with Crippen LogP contribution in [0.15, 0.2) is 146 Å². The maximum atomic E-state index is 10.0. The molecule has 2 aromatic heterocycles. The summed E-state index contributed by atoms with van der Waals surface area (Å²) in [6.45, 7) is 0. The van der Waals surface area contributed by atoms with Crippen LogP contribution in [0.4, 0.5) is 0 Å². The third-order valence-corrected chi connectivity index (χ3v) is 11.5. The van der Waals surface area contributed by atoms with Gasteiger partial charge in [0.25, 0.3) is 0 Å². The number of thiophene rings is 2. The maximum absolute atomic E-state index is 10.0. The van der Waals surface area contributed by atoms with E-state index in [4.69, 9.17) is 0 Å². The fourth-order valence-corrected chi connectivity index (χ4v) is 9.31. The lowest BCUT2D eigenvalue weighted by Gasteiger charge is -2.11. The van der Waals surface area contributed by atoms with Gasteiger partial charge in [0.1, 0.15) is 0 Å². The Morgan fingerprint density at radius 2 is 0.750 bits per heavy atom. The van der Waals surface area contributed by atoms with Crippen molar-refractivity contribution in [2.75, 3.05) is 0 Å². The SMILES string of the molecule is N#Cc1cc(-c2ccc(-c3cc(C#N)cc(-c4cccc5c4sc4ccccc45)c3)cc2)cc(-c2cccc3c2sc2ccccc23)c1. The first-order chi connectivity index (χ1) is 23.7. The van der Waals surface area contributed by atoms with Gasteiger partial charge in [-0.2, -0.15) is 10.5 Å². The molecule has 0 aliphatic rings. The van der Waals surface area contributed by atoms with Crippen molar-refractivity contribution in [1.29, 1.82) is 10.5 Å². The van der Waals surface area contributed by atoms with E-state index in [-0.39, 0.29) is 0 Å². The summed E-state index contributed by atoms with van der Waals surface area (Å²) >= 11 is 3.59. The molecule has 2 heterocycles. The molecule has 0 radical (unpaired) electrons. The Labute approximate surface area is 285 Å². The fourth-order valence-electron chi connectivity index (χ4n) is 6.83. The third kappa shape index (κ3) is 4.67. The molecular weight excluding hydrogens is 621 g/mol. The highest BCUT2D eigenvalue weighted by Gasteiger charge is 2.14. The van der Waals surface area contributed by atoms with Crippen LogP contribution in [0, 0.1) is 22.7 Å². The monoisotopic (exact) mass is 644 g/mol. The molecule has 222 valence electrons. The van der Waals surface area contributed by atoms with E-state index in [0.717, 1.165) is 44.5 Å². The van der Waals surface area contributed by atoms with Gasteiger partial charge in [-0.1, -0.05) is 97.1 Å². The molecule has 0 amide bonds. The summed E-state index contributed by atoms with van der Waals surface area (Å²) < 4.78 is 4.98. The smallest absolute Gasteiger partial charge is 0.0992 e. The van der Waals surface area contributed by atoms with Crippen molar-refractivity contribution in [2.24, 2.45) is 0 Å². The number of rotatable bonds is 4. The molecule has 9 aromatic rings. The molecule has 0 spiro atoms. The molecule has 48 heavy (non-hydrogen) atoms. The molecule has 0 saturated heterocycles. The van der Waals surface area contributed by atoms with Crippen molar-refractivity contribution in [3.63, 3.8) is 0 Å². The molecule has 0 aliphatic carbocycles. The van der Waals surface area contributed by atoms with E-state index in [2.05, 4.69) is 133 Å². The number of hydrogen-bond acceptors (Lipinski definition) is 4.